The van der Waals surface area contributed by atoms with Gasteiger partial charge in [0.05, 0.1) is 18.7 Å². The van der Waals surface area contributed by atoms with Gasteiger partial charge in [0.15, 0.2) is 5.79 Å². The molecule has 0 bridgehead atoms. The van der Waals surface area contributed by atoms with E-state index in [2.05, 4.69) is 11.9 Å². The molecule has 1 aliphatic heterocycles. The SMILES string of the molecule is CC1(c2ccnc3ccc(F)cc23)CCC2(CC1)OCCO2. The number of hydrogen-bond donors (Lipinski definition) is 0. The van der Waals surface area contributed by atoms with Gasteiger partial charge in [-0.05, 0) is 48.1 Å². The normalized spacial score (nSPS) is 23.2. The van der Waals surface area contributed by atoms with Crippen molar-refractivity contribution in [1.82, 2.24) is 4.98 Å². The van der Waals surface area contributed by atoms with E-state index in [1.165, 1.54) is 11.6 Å². The first-order chi connectivity index (χ1) is 10.6. The lowest BCUT2D eigenvalue weighted by Crippen LogP contribution is -2.40. The maximum atomic E-state index is 13.7. The first-order valence-electron chi connectivity index (χ1n) is 7.93. The highest BCUT2D eigenvalue weighted by molar-refractivity contribution is 5.83. The second kappa shape index (κ2) is 5.00. The van der Waals surface area contributed by atoms with Crippen molar-refractivity contribution >= 4 is 10.9 Å². The largest absolute Gasteiger partial charge is 0.348 e. The van der Waals surface area contributed by atoms with Crippen molar-refractivity contribution < 1.29 is 13.9 Å². The predicted molar refractivity (Wildman–Crippen MR) is 82.2 cm³/mol. The molecule has 116 valence electrons. The molecule has 4 heteroatoms. The van der Waals surface area contributed by atoms with Gasteiger partial charge in [-0.1, -0.05) is 6.92 Å². The van der Waals surface area contributed by atoms with E-state index in [1.54, 1.807) is 12.1 Å². The maximum absolute atomic E-state index is 13.7. The molecule has 2 fully saturated rings. The molecule has 1 aromatic heterocycles. The molecule has 2 aromatic rings. The van der Waals surface area contributed by atoms with Crippen LogP contribution in [0, 0.1) is 5.82 Å². The summed E-state index contributed by atoms with van der Waals surface area (Å²) in [6.45, 7) is 3.65. The van der Waals surface area contributed by atoms with E-state index in [4.69, 9.17) is 9.47 Å². The highest BCUT2D eigenvalue weighted by Gasteiger charge is 2.45. The van der Waals surface area contributed by atoms with Crippen molar-refractivity contribution in [2.45, 2.75) is 43.8 Å². The molecular weight excluding hydrogens is 281 g/mol. The van der Waals surface area contributed by atoms with Crippen LogP contribution >= 0.6 is 0 Å². The van der Waals surface area contributed by atoms with Crippen LogP contribution in [-0.4, -0.2) is 24.0 Å². The number of pyridine rings is 1. The number of fused-ring (bicyclic) bond motifs is 1. The number of nitrogens with zero attached hydrogens (tertiary/aromatic N) is 1. The molecule has 0 radical (unpaired) electrons. The fourth-order valence-electron chi connectivity index (χ4n) is 3.88. The molecule has 22 heavy (non-hydrogen) atoms. The molecule has 1 spiro atoms. The van der Waals surface area contributed by atoms with Crippen LogP contribution in [-0.2, 0) is 14.9 Å². The maximum Gasteiger partial charge on any atom is 0.168 e. The lowest BCUT2D eigenvalue weighted by molar-refractivity contribution is -0.184. The third-order valence-electron chi connectivity index (χ3n) is 5.28. The van der Waals surface area contributed by atoms with E-state index in [1.807, 2.05) is 12.3 Å². The molecule has 0 unspecified atom stereocenters. The van der Waals surface area contributed by atoms with Crippen molar-refractivity contribution in [1.29, 1.82) is 0 Å². The van der Waals surface area contributed by atoms with Crippen molar-refractivity contribution in [2.24, 2.45) is 0 Å². The zero-order chi connectivity index (χ0) is 15.2. The van der Waals surface area contributed by atoms with Gasteiger partial charge in [0.25, 0.3) is 0 Å². The van der Waals surface area contributed by atoms with E-state index >= 15 is 0 Å². The van der Waals surface area contributed by atoms with Crippen LogP contribution in [0.4, 0.5) is 4.39 Å². The lowest BCUT2D eigenvalue weighted by Gasteiger charge is -2.42. The quantitative estimate of drug-likeness (QED) is 0.799. The van der Waals surface area contributed by atoms with Crippen LogP contribution in [0.3, 0.4) is 0 Å². The van der Waals surface area contributed by atoms with Crippen LogP contribution in [0.25, 0.3) is 10.9 Å². The van der Waals surface area contributed by atoms with Crippen LogP contribution in [0.1, 0.15) is 38.2 Å². The number of hydrogen-bond acceptors (Lipinski definition) is 3. The minimum atomic E-state index is -0.367. The second-order valence-electron chi connectivity index (χ2n) is 6.69. The molecule has 1 aliphatic carbocycles. The summed E-state index contributed by atoms with van der Waals surface area (Å²) in [4.78, 5) is 4.36. The molecule has 1 saturated carbocycles. The molecule has 1 aromatic carbocycles. The summed E-state index contributed by atoms with van der Waals surface area (Å²) in [5.74, 6) is -0.576. The molecule has 0 N–H and O–H groups in total. The van der Waals surface area contributed by atoms with Gasteiger partial charge in [-0.25, -0.2) is 4.39 Å². The average Bonchev–Trinajstić information content (AvgIpc) is 2.99. The van der Waals surface area contributed by atoms with Crippen LogP contribution in [0.2, 0.25) is 0 Å². The Balaban J connectivity index is 1.71. The topological polar surface area (TPSA) is 31.4 Å². The molecule has 0 amide bonds. The summed E-state index contributed by atoms with van der Waals surface area (Å²) in [6.07, 6.45) is 5.56. The highest BCUT2D eigenvalue weighted by Crippen LogP contribution is 2.47. The number of aromatic nitrogens is 1. The molecule has 2 heterocycles. The Morgan fingerprint density at radius 2 is 1.77 bits per heavy atom. The van der Waals surface area contributed by atoms with Gasteiger partial charge in [-0.15, -0.1) is 0 Å². The zero-order valence-electron chi connectivity index (χ0n) is 12.8. The van der Waals surface area contributed by atoms with Gasteiger partial charge in [0, 0.05) is 24.4 Å². The van der Waals surface area contributed by atoms with Crippen LogP contribution in [0.5, 0.6) is 0 Å². The van der Waals surface area contributed by atoms with E-state index in [0.717, 1.165) is 36.6 Å². The molecule has 1 saturated heterocycles. The fraction of sp³-hybridized carbons (Fsp3) is 0.500. The first kappa shape index (κ1) is 14.1. The fourth-order valence-corrected chi connectivity index (χ4v) is 3.88. The lowest BCUT2D eigenvalue weighted by atomic mass is 9.68. The number of benzene rings is 1. The van der Waals surface area contributed by atoms with Gasteiger partial charge < -0.3 is 9.47 Å². The zero-order valence-corrected chi connectivity index (χ0v) is 12.8. The van der Waals surface area contributed by atoms with E-state index in [0.29, 0.717) is 13.2 Å². The summed E-state index contributed by atoms with van der Waals surface area (Å²) in [6, 6.07) is 6.87. The first-order valence-corrected chi connectivity index (χ1v) is 7.93. The summed E-state index contributed by atoms with van der Waals surface area (Å²) in [5.41, 5.74) is 2.05. The third kappa shape index (κ3) is 2.22. The molecule has 3 nitrogen and oxygen atoms in total. The van der Waals surface area contributed by atoms with Gasteiger partial charge in [-0.2, -0.15) is 0 Å². The van der Waals surface area contributed by atoms with Crippen molar-refractivity contribution in [3.8, 4) is 0 Å². The smallest absolute Gasteiger partial charge is 0.168 e. The number of rotatable bonds is 1. The average molecular weight is 301 g/mol. The molecule has 4 rings (SSSR count). The van der Waals surface area contributed by atoms with E-state index in [-0.39, 0.29) is 17.0 Å². The summed E-state index contributed by atoms with van der Waals surface area (Å²) >= 11 is 0. The monoisotopic (exact) mass is 301 g/mol. The molecular formula is C18H20FNO2. The predicted octanol–water partition coefficient (Wildman–Crippen LogP) is 3.95. The summed E-state index contributed by atoms with van der Waals surface area (Å²) in [5, 5.41) is 0.925. The van der Waals surface area contributed by atoms with Gasteiger partial charge >= 0.3 is 0 Å². The van der Waals surface area contributed by atoms with Crippen LogP contribution < -0.4 is 0 Å². The van der Waals surface area contributed by atoms with E-state index < -0.39 is 0 Å². The van der Waals surface area contributed by atoms with Gasteiger partial charge in [0.2, 0.25) is 0 Å². The third-order valence-corrected chi connectivity index (χ3v) is 5.28. The van der Waals surface area contributed by atoms with Crippen LogP contribution in [0.15, 0.2) is 30.5 Å². The summed E-state index contributed by atoms with van der Waals surface area (Å²) in [7, 11) is 0. The molecule has 0 atom stereocenters. The Labute approximate surface area is 129 Å². The Bertz CT molecular complexity index is 699. The number of ether oxygens (including phenoxy) is 2. The minimum Gasteiger partial charge on any atom is -0.348 e. The summed E-state index contributed by atoms with van der Waals surface area (Å²) < 4.78 is 25.3. The van der Waals surface area contributed by atoms with E-state index in [9.17, 15) is 4.39 Å². The Kier molecular flexibility index (Phi) is 3.20. The highest BCUT2D eigenvalue weighted by atomic mass is 19.1. The second-order valence-corrected chi connectivity index (χ2v) is 6.69. The van der Waals surface area contributed by atoms with Gasteiger partial charge in [-0.3, -0.25) is 4.98 Å². The standard InChI is InChI=1S/C18H20FNO2/c1-17(5-7-18(8-6-17)21-10-11-22-18)15-4-9-20-16-3-2-13(19)12-14(15)16/h2-4,9,12H,5-8,10-11H2,1H3. The Morgan fingerprint density at radius 3 is 2.50 bits per heavy atom. The Morgan fingerprint density at radius 1 is 1.05 bits per heavy atom. The van der Waals surface area contributed by atoms with Crippen molar-refractivity contribution in [3.05, 3.63) is 41.8 Å². The Hall–Kier alpha value is -1.52. The minimum absolute atomic E-state index is 0.00947. The number of halogens is 1. The van der Waals surface area contributed by atoms with Crippen molar-refractivity contribution in [3.63, 3.8) is 0 Å². The van der Waals surface area contributed by atoms with Gasteiger partial charge in [0.1, 0.15) is 5.82 Å². The van der Waals surface area contributed by atoms with Crippen molar-refractivity contribution in [2.75, 3.05) is 13.2 Å². The molecule has 2 aliphatic rings.